The van der Waals surface area contributed by atoms with E-state index in [1.54, 1.807) is 60.7 Å². The van der Waals surface area contributed by atoms with E-state index in [1.807, 2.05) is 30.3 Å². The quantitative estimate of drug-likeness (QED) is 0.126. The van der Waals surface area contributed by atoms with Crippen molar-refractivity contribution in [2.45, 2.75) is 56.4 Å². The van der Waals surface area contributed by atoms with E-state index in [-0.39, 0.29) is 38.0 Å². The first-order valence-electron chi connectivity index (χ1n) is 15.7. The minimum atomic E-state index is -1.25. The van der Waals surface area contributed by atoms with E-state index in [0.29, 0.717) is 11.3 Å². The minimum Gasteiger partial charge on any atom is -0.508 e. The number of nitrogens with two attached hydrogens (primary N) is 2. The van der Waals surface area contributed by atoms with E-state index in [2.05, 4.69) is 10.6 Å². The number of carboxylic acid groups (broad SMARTS) is 1. The summed E-state index contributed by atoms with van der Waals surface area (Å²) in [5.74, 6) is -2.81. The Morgan fingerprint density at radius 2 is 1.29 bits per heavy atom. The SMILES string of the molecule is Nc1ccc(C[C@H](NC(=O)[C@@H]2Cc3ccccc3CN2C(=O)[C@@H](N)Cc2ccc(O)cc2)C(=O)N[C@@H](Cc2ccccc2)C(=O)O)cc1. The van der Waals surface area contributed by atoms with Crippen molar-refractivity contribution in [1.29, 1.82) is 0 Å². The molecule has 0 aromatic heterocycles. The van der Waals surface area contributed by atoms with E-state index in [9.17, 15) is 29.4 Å². The summed E-state index contributed by atoms with van der Waals surface area (Å²) in [7, 11) is 0. The molecular formula is C37H39N5O6. The number of anilines is 1. The van der Waals surface area contributed by atoms with Gasteiger partial charge in [0.25, 0.3) is 0 Å². The Hall–Kier alpha value is -5.68. The van der Waals surface area contributed by atoms with Gasteiger partial charge in [0.1, 0.15) is 23.9 Å². The van der Waals surface area contributed by atoms with E-state index in [1.165, 1.54) is 17.0 Å². The van der Waals surface area contributed by atoms with Gasteiger partial charge in [-0.05, 0) is 58.5 Å². The van der Waals surface area contributed by atoms with Crippen LogP contribution in [0.2, 0.25) is 0 Å². The summed E-state index contributed by atoms with van der Waals surface area (Å²) in [6.45, 7) is 0.142. The first kappa shape index (κ1) is 33.7. The molecule has 11 nitrogen and oxygen atoms in total. The molecule has 0 radical (unpaired) electrons. The van der Waals surface area contributed by atoms with E-state index >= 15 is 0 Å². The van der Waals surface area contributed by atoms with Crippen LogP contribution < -0.4 is 22.1 Å². The van der Waals surface area contributed by atoms with Crippen molar-refractivity contribution in [3.8, 4) is 5.75 Å². The third kappa shape index (κ3) is 8.56. The summed E-state index contributed by atoms with van der Waals surface area (Å²) in [5.41, 5.74) is 16.7. The van der Waals surface area contributed by atoms with Crippen LogP contribution in [0.25, 0.3) is 0 Å². The zero-order valence-corrected chi connectivity index (χ0v) is 26.3. The first-order valence-corrected chi connectivity index (χ1v) is 15.7. The Labute approximate surface area is 278 Å². The Morgan fingerprint density at radius 3 is 1.96 bits per heavy atom. The van der Waals surface area contributed by atoms with Crippen LogP contribution in [0.15, 0.2) is 103 Å². The monoisotopic (exact) mass is 649 g/mol. The highest BCUT2D eigenvalue weighted by molar-refractivity contribution is 5.95. The maximum absolute atomic E-state index is 14.1. The van der Waals surface area contributed by atoms with Gasteiger partial charge >= 0.3 is 5.97 Å². The number of carbonyl (C=O) groups is 4. The number of carboxylic acids is 1. The predicted molar refractivity (Wildman–Crippen MR) is 180 cm³/mol. The number of phenolic OH excluding ortho intramolecular Hbond substituents is 1. The van der Waals surface area contributed by atoms with Crippen LogP contribution in [0.4, 0.5) is 5.69 Å². The number of rotatable bonds is 12. The maximum atomic E-state index is 14.1. The summed E-state index contributed by atoms with van der Waals surface area (Å²) in [6, 6.07) is 25.3. The van der Waals surface area contributed by atoms with Gasteiger partial charge in [-0.3, -0.25) is 14.4 Å². The molecule has 0 aliphatic carbocycles. The highest BCUT2D eigenvalue weighted by Crippen LogP contribution is 2.25. The number of aliphatic carboxylic acids is 1. The van der Waals surface area contributed by atoms with Gasteiger partial charge in [-0.15, -0.1) is 0 Å². The molecule has 4 aromatic rings. The molecule has 11 heteroatoms. The molecule has 1 aliphatic heterocycles. The van der Waals surface area contributed by atoms with Crippen molar-refractivity contribution in [3.05, 3.63) is 131 Å². The molecule has 48 heavy (non-hydrogen) atoms. The second-order valence-corrected chi connectivity index (χ2v) is 12.0. The summed E-state index contributed by atoms with van der Waals surface area (Å²) in [6.07, 6.45) is 0.478. The minimum absolute atomic E-state index is 0.0467. The molecule has 0 saturated carbocycles. The van der Waals surface area contributed by atoms with Gasteiger partial charge in [-0.1, -0.05) is 78.9 Å². The summed E-state index contributed by atoms with van der Waals surface area (Å²) in [5, 5.41) is 25.0. The van der Waals surface area contributed by atoms with Gasteiger partial charge in [0.15, 0.2) is 0 Å². The lowest BCUT2D eigenvalue weighted by Gasteiger charge is -2.38. The third-order valence-electron chi connectivity index (χ3n) is 8.49. The highest BCUT2D eigenvalue weighted by Gasteiger charge is 2.38. The third-order valence-corrected chi connectivity index (χ3v) is 8.49. The van der Waals surface area contributed by atoms with Crippen LogP contribution in [0.1, 0.15) is 27.8 Å². The molecule has 0 unspecified atom stereocenters. The second-order valence-electron chi connectivity index (χ2n) is 12.0. The van der Waals surface area contributed by atoms with Gasteiger partial charge in [0.05, 0.1) is 6.04 Å². The first-order chi connectivity index (χ1) is 23.1. The van der Waals surface area contributed by atoms with Crippen molar-refractivity contribution in [1.82, 2.24) is 15.5 Å². The van der Waals surface area contributed by atoms with Crippen LogP contribution in [-0.4, -0.2) is 63.0 Å². The molecule has 8 N–H and O–H groups in total. The summed E-state index contributed by atoms with van der Waals surface area (Å²) >= 11 is 0. The Balaban J connectivity index is 1.39. The molecule has 0 fully saturated rings. The fraction of sp³-hybridized carbons (Fsp3) is 0.243. The number of amides is 3. The van der Waals surface area contributed by atoms with E-state index in [4.69, 9.17) is 11.5 Å². The molecule has 5 rings (SSSR count). The van der Waals surface area contributed by atoms with Gasteiger partial charge in [-0.25, -0.2) is 4.79 Å². The topological polar surface area (TPSA) is 188 Å². The van der Waals surface area contributed by atoms with Crippen molar-refractivity contribution >= 4 is 29.4 Å². The Morgan fingerprint density at radius 1 is 0.729 bits per heavy atom. The largest absolute Gasteiger partial charge is 0.508 e. The molecule has 4 aromatic carbocycles. The van der Waals surface area contributed by atoms with Crippen LogP contribution in [0, 0.1) is 0 Å². The number of carbonyl (C=O) groups excluding carboxylic acids is 3. The average Bonchev–Trinajstić information content (AvgIpc) is 3.09. The number of aromatic hydroxyl groups is 1. The predicted octanol–water partition coefficient (Wildman–Crippen LogP) is 2.34. The van der Waals surface area contributed by atoms with Crippen molar-refractivity contribution in [3.63, 3.8) is 0 Å². The zero-order chi connectivity index (χ0) is 34.2. The van der Waals surface area contributed by atoms with E-state index < -0.39 is 47.9 Å². The number of nitrogens with zero attached hydrogens (tertiary/aromatic N) is 1. The van der Waals surface area contributed by atoms with Gasteiger partial charge in [0, 0.05) is 31.5 Å². The number of hydrogen-bond acceptors (Lipinski definition) is 7. The summed E-state index contributed by atoms with van der Waals surface area (Å²) in [4.78, 5) is 55.4. The summed E-state index contributed by atoms with van der Waals surface area (Å²) < 4.78 is 0. The lowest BCUT2D eigenvalue weighted by molar-refractivity contribution is -0.144. The smallest absolute Gasteiger partial charge is 0.326 e. The lowest BCUT2D eigenvalue weighted by Crippen LogP contribution is -2.60. The van der Waals surface area contributed by atoms with Crippen LogP contribution >= 0.6 is 0 Å². The van der Waals surface area contributed by atoms with Crippen LogP contribution in [-0.2, 0) is 51.4 Å². The van der Waals surface area contributed by atoms with Gasteiger partial charge in [0.2, 0.25) is 17.7 Å². The number of nitrogens with one attached hydrogen (secondary N) is 2. The normalized spacial score (nSPS) is 15.8. The van der Waals surface area contributed by atoms with Crippen molar-refractivity contribution in [2.75, 3.05) is 5.73 Å². The van der Waals surface area contributed by atoms with Crippen LogP contribution in [0.3, 0.4) is 0 Å². The fourth-order valence-corrected chi connectivity index (χ4v) is 5.86. The molecule has 4 atom stereocenters. The molecule has 1 heterocycles. The number of hydrogen-bond donors (Lipinski definition) is 6. The van der Waals surface area contributed by atoms with Crippen molar-refractivity contribution < 1.29 is 29.4 Å². The fourth-order valence-electron chi connectivity index (χ4n) is 5.86. The molecule has 3 amide bonds. The van der Waals surface area contributed by atoms with Gasteiger partial charge < -0.3 is 37.2 Å². The molecule has 1 aliphatic rings. The Kier molecular flexibility index (Phi) is 10.7. The number of fused-ring (bicyclic) bond motifs is 1. The molecule has 0 saturated heterocycles. The maximum Gasteiger partial charge on any atom is 0.326 e. The molecule has 0 spiro atoms. The number of nitrogen functional groups attached to an aromatic ring is 1. The highest BCUT2D eigenvalue weighted by atomic mass is 16.4. The second kappa shape index (κ2) is 15.3. The van der Waals surface area contributed by atoms with Crippen LogP contribution in [0.5, 0.6) is 5.75 Å². The Bertz CT molecular complexity index is 1750. The number of benzene rings is 4. The van der Waals surface area contributed by atoms with E-state index in [0.717, 1.165) is 22.3 Å². The van der Waals surface area contributed by atoms with Crippen molar-refractivity contribution in [2.24, 2.45) is 5.73 Å². The average molecular weight is 650 g/mol. The molecular weight excluding hydrogens is 610 g/mol. The van der Waals surface area contributed by atoms with Gasteiger partial charge in [-0.2, -0.15) is 0 Å². The zero-order valence-electron chi connectivity index (χ0n) is 26.3. The standard InChI is InChI=1S/C37H39N5O6/c38-28-14-10-25(11-15-28)19-31(34(44)41-32(37(47)48)20-23-6-2-1-3-7-23)40-35(45)33-21-26-8-4-5-9-27(26)22-42(33)36(46)30(39)18-24-12-16-29(43)17-13-24/h1-17,30-33,43H,18-22,38-39H2,(H,40,45)(H,41,44)(H,47,48)/t30-,31-,32-,33-/m0/s1. The molecule has 0 bridgehead atoms. The molecule has 248 valence electrons. The lowest BCUT2D eigenvalue weighted by atomic mass is 9.92. The number of phenols is 1.